The zero-order valence-electron chi connectivity index (χ0n) is 10.7. The highest BCUT2D eigenvalue weighted by Gasteiger charge is 2.27. The van der Waals surface area contributed by atoms with E-state index in [4.69, 9.17) is 9.84 Å². The van der Waals surface area contributed by atoms with E-state index in [1.165, 1.54) is 45.3 Å². The van der Waals surface area contributed by atoms with Crippen molar-refractivity contribution < 1.29 is 9.84 Å². The molecule has 2 rings (SSSR count). The van der Waals surface area contributed by atoms with Gasteiger partial charge in [-0.05, 0) is 51.2 Å². The molecule has 0 aromatic carbocycles. The van der Waals surface area contributed by atoms with Crippen molar-refractivity contribution in [3.8, 4) is 0 Å². The summed E-state index contributed by atoms with van der Waals surface area (Å²) < 4.78 is 5.31. The molecule has 0 amide bonds. The topological polar surface area (TPSA) is 44.7 Å². The first-order valence-corrected chi connectivity index (χ1v) is 7.04. The molecule has 0 aromatic heterocycles. The molecule has 0 aliphatic carbocycles. The number of aliphatic hydroxyl groups excluding tert-OH is 1. The van der Waals surface area contributed by atoms with Crippen molar-refractivity contribution >= 4 is 0 Å². The van der Waals surface area contributed by atoms with E-state index in [9.17, 15) is 0 Å². The molecule has 2 heterocycles. The number of likely N-dealkylation sites (tertiary alicyclic amines) is 1. The molecule has 4 nitrogen and oxygen atoms in total. The van der Waals surface area contributed by atoms with E-state index in [-0.39, 0.29) is 6.61 Å². The smallest absolute Gasteiger partial charge is 0.0698 e. The summed E-state index contributed by atoms with van der Waals surface area (Å²) in [7, 11) is 0. The van der Waals surface area contributed by atoms with E-state index in [0.29, 0.717) is 6.61 Å². The van der Waals surface area contributed by atoms with Gasteiger partial charge in [-0.2, -0.15) is 0 Å². The number of hydrogen-bond donors (Lipinski definition) is 2. The van der Waals surface area contributed by atoms with E-state index in [1.54, 1.807) is 0 Å². The van der Waals surface area contributed by atoms with Crippen LogP contribution in [0.2, 0.25) is 0 Å². The van der Waals surface area contributed by atoms with Crippen LogP contribution in [0.5, 0.6) is 0 Å². The van der Waals surface area contributed by atoms with E-state index in [1.807, 2.05) is 0 Å². The Balaban J connectivity index is 1.57. The molecule has 17 heavy (non-hydrogen) atoms. The van der Waals surface area contributed by atoms with Crippen molar-refractivity contribution in [2.45, 2.75) is 31.7 Å². The zero-order valence-corrected chi connectivity index (χ0v) is 10.7. The van der Waals surface area contributed by atoms with E-state index >= 15 is 0 Å². The van der Waals surface area contributed by atoms with Crippen LogP contribution in [0.1, 0.15) is 25.7 Å². The highest BCUT2D eigenvalue weighted by molar-refractivity contribution is 4.85. The van der Waals surface area contributed by atoms with Crippen LogP contribution < -0.4 is 5.32 Å². The van der Waals surface area contributed by atoms with Gasteiger partial charge in [0.1, 0.15) is 0 Å². The molecule has 0 saturated carbocycles. The third-order valence-corrected chi connectivity index (χ3v) is 4.09. The van der Waals surface area contributed by atoms with Crippen LogP contribution >= 0.6 is 0 Å². The molecule has 0 aromatic rings. The van der Waals surface area contributed by atoms with Crippen LogP contribution in [0.25, 0.3) is 0 Å². The fourth-order valence-electron chi connectivity index (χ4n) is 3.05. The molecular weight excluding hydrogens is 216 g/mol. The molecule has 0 radical (unpaired) electrons. The first-order valence-electron chi connectivity index (χ1n) is 7.04. The van der Waals surface area contributed by atoms with Gasteiger partial charge in [-0.3, -0.25) is 0 Å². The molecule has 0 spiro atoms. The average molecular weight is 242 g/mol. The summed E-state index contributed by atoms with van der Waals surface area (Å²) in [4.78, 5) is 2.49. The van der Waals surface area contributed by atoms with Gasteiger partial charge >= 0.3 is 0 Å². The predicted octanol–water partition coefficient (Wildman–Crippen LogP) is 0.459. The first kappa shape index (κ1) is 13.3. The molecule has 100 valence electrons. The fourth-order valence-corrected chi connectivity index (χ4v) is 3.05. The van der Waals surface area contributed by atoms with Gasteiger partial charge in [-0.15, -0.1) is 0 Å². The average Bonchev–Trinajstić information content (AvgIpc) is 2.89. The van der Waals surface area contributed by atoms with Gasteiger partial charge < -0.3 is 20.1 Å². The van der Waals surface area contributed by atoms with Gasteiger partial charge in [-0.25, -0.2) is 0 Å². The Kier molecular flexibility index (Phi) is 5.71. The van der Waals surface area contributed by atoms with Gasteiger partial charge in [-0.1, -0.05) is 0 Å². The second-order valence-electron chi connectivity index (χ2n) is 5.22. The Morgan fingerprint density at radius 3 is 2.65 bits per heavy atom. The summed E-state index contributed by atoms with van der Waals surface area (Å²) in [5, 5.41) is 12.2. The van der Waals surface area contributed by atoms with Gasteiger partial charge in [0.2, 0.25) is 0 Å². The minimum absolute atomic E-state index is 0.134. The highest BCUT2D eigenvalue weighted by atomic mass is 16.5. The van der Waals surface area contributed by atoms with Crippen LogP contribution in [-0.4, -0.2) is 62.0 Å². The molecule has 2 aliphatic rings. The van der Waals surface area contributed by atoms with Gasteiger partial charge in [0.15, 0.2) is 0 Å². The van der Waals surface area contributed by atoms with E-state index < -0.39 is 0 Å². The summed E-state index contributed by atoms with van der Waals surface area (Å²) in [6, 6.07) is 0.794. The molecule has 2 saturated heterocycles. The molecule has 4 heteroatoms. The lowest BCUT2D eigenvalue weighted by Gasteiger charge is -2.34. The minimum Gasteiger partial charge on any atom is -0.394 e. The number of piperidine rings is 1. The second-order valence-corrected chi connectivity index (χ2v) is 5.22. The Hall–Kier alpha value is -0.160. The van der Waals surface area contributed by atoms with Gasteiger partial charge in [0.05, 0.1) is 19.8 Å². The minimum atomic E-state index is 0.134. The third kappa shape index (κ3) is 4.21. The highest BCUT2D eigenvalue weighted by Crippen LogP contribution is 2.25. The van der Waals surface area contributed by atoms with Crippen molar-refractivity contribution in [2.75, 3.05) is 46.0 Å². The van der Waals surface area contributed by atoms with Crippen LogP contribution in [0.4, 0.5) is 0 Å². The predicted molar refractivity (Wildman–Crippen MR) is 68.1 cm³/mol. The van der Waals surface area contributed by atoms with E-state index in [2.05, 4.69) is 10.2 Å². The van der Waals surface area contributed by atoms with Crippen molar-refractivity contribution in [1.29, 1.82) is 0 Å². The molecule has 0 bridgehead atoms. The third-order valence-electron chi connectivity index (χ3n) is 4.09. The molecule has 2 fully saturated rings. The van der Waals surface area contributed by atoms with Crippen molar-refractivity contribution in [2.24, 2.45) is 5.92 Å². The quantitative estimate of drug-likeness (QED) is 0.664. The van der Waals surface area contributed by atoms with Gasteiger partial charge in [0.25, 0.3) is 0 Å². The number of nitrogens with one attached hydrogen (secondary N) is 1. The molecular formula is C13H26N2O2. The zero-order chi connectivity index (χ0) is 11.9. The number of hydrogen-bond acceptors (Lipinski definition) is 4. The van der Waals surface area contributed by atoms with Crippen LogP contribution in [-0.2, 0) is 4.74 Å². The number of rotatable bonds is 6. The van der Waals surface area contributed by atoms with Crippen molar-refractivity contribution in [3.05, 3.63) is 0 Å². The van der Waals surface area contributed by atoms with Crippen LogP contribution in [0.3, 0.4) is 0 Å². The maximum atomic E-state index is 8.61. The number of nitrogens with zero attached hydrogens (tertiary/aromatic N) is 1. The Morgan fingerprint density at radius 1 is 1.18 bits per heavy atom. The fraction of sp³-hybridized carbons (Fsp3) is 1.00. The largest absolute Gasteiger partial charge is 0.394 e. The molecule has 1 unspecified atom stereocenters. The maximum Gasteiger partial charge on any atom is 0.0698 e. The normalized spacial score (nSPS) is 27.7. The molecule has 2 N–H and O–H groups in total. The Bertz CT molecular complexity index is 200. The Morgan fingerprint density at radius 2 is 2.00 bits per heavy atom. The molecule has 2 aliphatic heterocycles. The number of ether oxygens (including phenoxy) is 1. The van der Waals surface area contributed by atoms with Gasteiger partial charge in [0, 0.05) is 12.6 Å². The Labute approximate surface area is 104 Å². The summed E-state index contributed by atoms with van der Waals surface area (Å²) in [6.07, 6.45) is 5.40. The SMILES string of the molecule is OCCOCCN1CCC(C2CCCN2)CC1. The summed E-state index contributed by atoms with van der Waals surface area (Å²) in [6.45, 7) is 6.03. The second kappa shape index (κ2) is 7.31. The monoisotopic (exact) mass is 242 g/mol. The van der Waals surface area contributed by atoms with Crippen LogP contribution in [0.15, 0.2) is 0 Å². The molecule has 1 atom stereocenters. The standard InChI is InChI=1S/C13H26N2O2/c16-9-11-17-10-8-15-6-3-12(4-7-15)13-2-1-5-14-13/h12-14,16H,1-11H2. The van der Waals surface area contributed by atoms with Crippen molar-refractivity contribution in [3.63, 3.8) is 0 Å². The lowest BCUT2D eigenvalue weighted by molar-refractivity contribution is 0.0627. The maximum absolute atomic E-state index is 8.61. The number of aliphatic hydroxyl groups is 1. The van der Waals surface area contributed by atoms with Crippen LogP contribution in [0, 0.1) is 5.92 Å². The summed E-state index contributed by atoms with van der Waals surface area (Å²) in [5.41, 5.74) is 0. The lowest BCUT2D eigenvalue weighted by Crippen LogP contribution is -2.41. The van der Waals surface area contributed by atoms with E-state index in [0.717, 1.165) is 25.1 Å². The summed E-state index contributed by atoms with van der Waals surface area (Å²) in [5.74, 6) is 0.895. The first-order chi connectivity index (χ1) is 8.40. The lowest BCUT2D eigenvalue weighted by atomic mass is 9.88. The van der Waals surface area contributed by atoms with Crippen molar-refractivity contribution in [1.82, 2.24) is 10.2 Å². The summed E-state index contributed by atoms with van der Waals surface area (Å²) >= 11 is 0.